The first-order valence-electron chi connectivity index (χ1n) is 6.55. The third-order valence-corrected chi connectivity index (χ3v) is 3.21. The van der Waals surface area contributed by atoms with Crippen LogP contribution in [0.25, 0.3) is 0 Å². The van der Waals surface area contributed by atoms with Crippen molar-refractivity contribution in [2.45, 2.75) is 39.4 Å². The highest BCUT2D eigenvalue weighted by Gasteiger charge is 2.11. The average molecular weight is 296 g/mol. The Kier molecular flexibility index (Phi) is 4.45. The maximum Gasteiger partial charge on any atom is 0.141 e. The van der Waals surface area contributed by atoms with Gasteiger partial charge in [-0.3, -0.25) is 4.68 Å². The molecule has 0 saturated carbocycles. The highest BCUT2D eigenvalue weighted by atomic mass is 35.5. The minimum atomic E-state index is -0.398. The van der Waals surface area contributed by atoms with Crippen molar-refractivity contribution in [3.63, 3.8) is 0 Å². The van der Waals surface area contributed by atoms with Crippen molar-refractivity contribution in [2.75, 3.05) is 0 Å². The summed E-state index contributed by atoms with van der Waals surface area (Å²) in [7, 11) is 0. The van der Waals surface area contributed by atoms with Crippen LogP contribution in [0.15, 0.2) is 30.5 Å². The second kappa shape index (κ2) is 5.94. The van der Waals surface area contributed by atoms with E-state index in [4.69, 9.17) is 11.6 Å². The first-order valence-corrected chi connectivity index (χ1v) is 6.92. The van der Waals surface area contributed by atoms with Crippen LogP contribution in [0.3, 0.4) is 0 Å². The van der Waals surface area contributed by atoms with Crippen LogP contribution in [0.4, 0.5) is 4.39 Å². The largest absolute Gasteiger partial charge is 0.306 e. The Balaban J connectivity index is 2.10. The fourth-order valence-electron chi connectivity index (χ4n) is 1.82. The molecule has 0 atom stereocenters. The van der Waals surface area contributed by atoms with Crippen LogP contribution in [0.5, 0.6) is 0 Å². The third kappa shape index (κ3) is 4.05. The Labute approximate surface area is 123 Å². The van der Waals surface area contributed by atoms with E-state index in [1.807, 2.05) is 10.7 Å². The van der Waals surface area contributed by atoms with Gasteiger partial charge >= 0.3 is 0 Å². The molecule has 0 aliphatic heterocycles. The number of nitrogens with one attached hydrogen (secondary N) is 1. The van der Waals surface area contributed by atoms with Gasteiger partial charge < -0.3 is 5.32 Å². The molecular weight excluding hydrogens is 277 g/mol. The first kappa shape index (κ1) is 15.0. The number of benzene rings is 1. The minimum absolute atomic E-state index is 0.0499. The lowest BCUT2D eigenvalue weighted by atomic mass is 10.1. The molecular formula is C15H19ClFN3. The number of rotatable bonds is 4. The van der Waals surface area contributed by atoms with Crippen LogP contribution in [0.2, 0.25) is 5.02 Å². The highest BCUT2D eigenvalue weighted by Crippen LogP contribution is 2.17. The summed E-state index contributed by atoms with van der Waals surface area (Å²) in [4.78, 5) is 0. The fraction of sp³-hybridized carbons (Fsp3) is 0.400. The Morgan fingerprint density at radius 2 is 2.05 bits per heavy atom. The molecule has 1 heterocycles. The molecule has 2 rings (SSSR count). The molecule has 0 radical (unpaired) electrons. The zero-order valence-electron chi connectivity index (χ0n) is 12.0. The quantitative estimate of drug-likeness (QED) is 0.934. The molecule has 1 aromatic heterocycles. The molecule has 0 aliphatic rings. The molecule has 1 aromatic carbocycles. The number of halogens is 2. The van der Waals surface area contributed by atoms with E-state index in [-0.39, 0.29) is 10.6 Å². The molecule has 0 bridgehead atoms. The van der Waals surface area contributed by atoms with Gasteiger partial charge in [0.1, 0.15) is 5.82 Å². The summed E-state index contributed by atoms with van der Waals surface area (Å²) in [5.74, 6) is -0.398. The normalized spacial score (nSPS) is 11.8. The van der Waals surface area contributed by atoms with Gasteiger partial charge in [-0.2, -0.15) is 5.10 Å². The zero-order valence-corrected chi connectivity index (χ0v) is 12.7. The Hall–Kier alpha value is -1.39. The summed E-state index contributed by atoms with van der Waals surface area (Å²) in [5, 5.41) is 7.87. The Morgan fingerprint density at radius 1 is 1.30 bits per heavy atom. The van der Waals surface area contributed by atoms with Crippen molar-refractivity contribution in [3.05, 3.63) is 52.6 Å². The van der Waals surface area contributed by atoms with E-state index < -0.39 is 5.82 Å². The maximum atomic E-state index is 13.1. The molecule has 1 N–H and O–H groups in total. The predicted molar refractivity (Wildman–Crippen MR) is 79.3 cm³/mol. The lowest BCUT2D eigenvalue weighted by Gasteiger charge is -2.20. The molecule has 2 aromatic rings. The van der Waals surface area contributed by atoms with Crippen molar-refractivity contribution < 1.29 is 4.39 Å². The molecule has 108 valence electrons. The zero-order chi connectivity index (χ0) is 14.8. The minimum Gasteiger partial charge on any atom is -0.306 e. The Bertz CT molecular complexity index is 587. The van der Waals surface area contributed by atoms with Crippen LogP contribution in [0.1, 0.15) is 32.0 Å². The van der Waals surface area contributed by atoms with Crippen LogP contribution in [0, 0.1) is 5.82 Å². The van der Waals surface area contributed by atoms with Crippen LogP contribution < -0.4 is 5.32 Å². The van der Waals surface area contributed by atoms with Gasteiger partial charge in [-0.25, -0.2) is 4.39 Å². The van der Waals surface area contributed by atoms with Crippen molar-refractivity contribution in [3.8, 4) is 0 Å². The smallest absolute Gasteiger partial charge is 0.141 e. The second-order valence-electron chi connectivity index (χ2n) is 5.83. The summed E-state index contributed by atoms with van der Waals surface area (Å²) < 4.78 is 15.0. The Morgan fingerprint density at radius 3 is 2.70 bits per heavy atom. The summed E-state index contributed by atoms with van der Waals surface area (Å²) in [6.07, 6.45) is 1.77. The molecule has 0 saturated heterocycles. The molecule has 5 heteroatoms. The van der Waals surface area contributed by atoms with Gasteiger partial charge in [0.05, 0.1) is 17.3 Å². The molecule has 0 spiro atoms. The van der Waals surface area contributed by atoms with Gasteiger partial charge in [-0.05, 0) is 44.5 Å². The first-order chi connectivity index (χ1) is 9.35. The van der Waals surface area contributed by atoms with E-state index in [0.29, 0.717) is 6.54 Å². The van der Waals surface area contributed by atoms with Crippen LogP contribution >= 0.6 is 11.6 Å². The van der Waals surface area contributed by atoms with Crippen LogP contribution in [-0.4, -0.2) is 15.3 Å². The van der Waals surface area contributed by atoms with Gasteiger partial charge in [0, 0.05) is 18.3 Å². The van der Waals surface area contributed by atoms with Crippen LogP contribution in [-0.2, 0) is 13.1 Å². The molecule has 20 heavy (non-hydrogen) atoms. The number of hydrogen-bond donors (Lipinski definition) is 1. The van der Waals surface area contributed by atoms with Crippen molar-refractivity contribution in [2.24, 2.45) is 0 Å². The van der Waals surface area contributed by atoms with Gasteiger partial charge in [-0.1, -0.05) is 17.7 Å². The van der Waals surface area contributed by atoms with Crippen molar-refractivity contribution in [1.29, 1.82) is 0 Å². The topological polar surface area (TPSA) is 29.9 Å². The summed E-state index contributed by atoms with van der Waals surface area (Å²) in [6.45, 7) is 7.67. The van der Waals surface area contributed by atoms with Gasteiger partial charge in [0.2, 0.25) is 0 Å². The maximum absolute atomic E-state index is 13.1. The van der Waals surface area contributed by atoms with Crippen molar-refractivity contribution in [1.82, 2.24) is 15.1 Å². The molecule has 0 amide bonds. The molecule has 0 fully saturated rings. The lowest BCUT2D eigenvalue weighted by molar-refractivity contribution is 0.414. The summed E-state index contributed by atoms with van der Waals surface area (Å²) in [5.41, 5.74) is 2.06. The molecule has 0 unspecified atom stereocenters. The number of hydrogen-bond acceptors (Lipinski definition) is 2. The monoisotopic (exact) mass is 295 g/mol. The van der Waals surface area contributed by atoms with E-state index in [9.17, 15) is 4.39 Å². The van der Waals surface area contributed by atoms with Gasteiger partial charge in [0.25, 0.3) is 0 Å². The van der Waals surface area contributed by atoms with E-state index >= 15 is 0 Å². The summed E-state index contributed by atoms with van der Waals surface area (Å²) in [6, 6.07) is 6.72. The second-order valence-corrected chi connectivity index (χ2v) is 6.24. The highest BCUT2D eigenvalue weighted by molar-refractivity contribution is 6.30. The molecule has 3 nitrogen and oxygen atoms in total. The number of nitrogens with zero attached hydrogens (tertiary/aromatic N) is 2. The standard InChI is InChI=1S/C15H19ClFN3/c1-15(2,3)18-9-12-6-7-19-20(12)10-11-4-5-14(17)13(16)8-11/h4-8,18H,9-10H2,1-3H3. The van der Waals surface area contributed by atoms with Crippen molar-refractivity contribution >= 4 is 11.6 Å². The van der Waals surface area contributed by atoms with E-state index in [2.05, 4.69) is 31.2 Å². The van der Waals surface area contributed by atoms with E-state index in [0.717, 1.165) is 17.8 Å². The predicted octanol–water partition coefficient (Wildman–Crippen LogP) is 3.61. The lowest BCUT2D eigenvalue weighted by Crippen LogP contribution is -2.35. The average Bonchev–Trinajstić information content (AvgIpc) is 2.78. The van der Waals surface area contributed by atoms with E-state index in [1.54, 1.807) is 18.3 Å². The summed E-state index contributed by atoms with van der Waals surface area (Å²) >= 11 is 5.80. The third-order valence-electron chi connectivity index (χ3n) is 2.92. The number of aromatic nitrogens is 2. The van der Waals surface area contributed by atoms with Gasteiger partial charge in [0.15, 0.2) is 0 Å². The fourth-order valence-corrected chi connectivity index (χ4v) is 2.02. The molecule has 0 aliphatic carbocycles. The van der Waals surface area contributed by atoms with Gasteiger partial charge in [-0.15, -0.1) is 0 Å². The van der Waals surface area contributed by atoms with E-state index in [1.165, 1.54) is 6.07 Å². The SMILES string of the molecule is CC(C)(C)NCc1ccnn1Cc1ccc(F)c(Cl)c1.